The molecule has 0 bridgehead atoms. The molecule has 0 spiro atoms. The Morgan fingerprint density at radius 1 is 1.28 bits per heavy atom. The molecule has 1 aromatic rings. The zero-order chi connectivity index (χ0) is 13.4. The number of anilines is 2. The number of rotatable bonds is 8. The van der Waals surface area contributed by atoms with Crippen LogP contribution in [0.25, 0.3) is 0 Å². The Bertz CT molecular complexity index is 357. The van der Waals surface area contributed by atoms with E-state index in [0.29, 0.717) is 24.9 Å². The lowest BCUT2D eigenvalue weighted by molar-refractivity contribution is 0.128. The zero-order valence-electron chi connectivity index (χ0n) is 11.6. The van der Waals surface area contributed by atoms with Crippen LogP contribution in [0.5, 0.6) is 0 Å². The summed E-state index contributed by atoms with van der Waals surface area (Å²) in [5, 5.41) is 0. The Morgan fingerprint density at radius 2 is 2.06 bits per heavy atom. The summed E-state index contributed by atoms with van der Waals surface area (Å²) in [6.45, 7) is 9.24. The molecule has 0 atom stereocenters. The lowest BCUT2D eigenvalue weighted by Crippen LogP contribution is -2.25. The van der Waals surface area contributed by atoms with Gasteiger partial charge in [-0.25, -0.2) is 9.97 Å². The molecule has 0 aliphatic carbocycles. The van der Waals surface area contributed by atoms with Crippen LogP contribution in [0.2, 0.25) is 0 Å². The molecule has 1 aromatic heterocycles. The van der Waals surface area contributed by atoms with Gasteiger partial charge in [0.15, 0.2) is 5.82 Å². The van der Waals surface area contributed by atoms with Crippen molar-refractivity contribution in [3.05, 3.63) is 11.9 Å². The molecule has 0 aliphatic heterocycles. The van der Waals surface area contributed by atoms with Crippen molar-refractivity contribution in [1.29, 1.82) is 0 Å². The third kappa shape index (κ3) is 4.49. The molecule has 5 heteroatoms. The maximum atomic E-state index is 5.82. The number of hydrogen-bond donors (Lipinski definition) is 1. The average Bonchev–Trinajstić information content (AvgIpc) is 2.37. The lowest BCUT2D eigenvalue weighted by Gasteiger charge is -2.22. The van der Waals surface area contributed by atoms with Crippen LogP contribution >= 0.6 is 0 Å². The van der Waals surface area contributed by atoms with E-state index in [-0.39, 0.29) is 0 Å². The van der Waals surface area contributed by atoms with E-state index in [1.165, 1.54) is 6.42 Å². The van der Waals surface area contributed by atoms with E-state index in [2.05, 4.69) is 28.7 Å². The molecular weight excluding hydrogens is 228 g/mol. The van der Waals surface area contributed by atoms with Gasteiger partial charge in [0.1, 0.15) is 18.2 Å². The van der Waals surface area contributed by atoms with E-state index in [0.717, 1.165) is 25.3 Å². The molecule has 1 rings (SSSR count). The Hall–Kier alpha value is -1.36. The molecule has 0 amide bonds. The lowest BCUT2D eigenvalue weighted by atomic mass is 10.3. The van der Waals surface area contributed by atoms with Crippen LogP contribution in [-0.2, 0) is 11.3 Å². The zero-order valence-corrected chi connectivity index (χ0v) is 11.6. The van der Waals surface area contributed by atoms with Gasteiger partial charge in [-0.1, -0.05) is 13.3 Å². The largest absolute Gasteiger partial charge is 0.384 e. The topological polar surface area (TPSA) is 64.3 Å². The molecule has 102 valence electrons. The van der Waals surface area contributed by atoms with Gasteiger partial charge in [-0.3, -0.25) is 0 Å². The Morgan fingerprint density at radius 3 is 2.67 bits per heavy atom. The van der Waals surface area contributed by atoms with E-state index < -0.39 is 0 Å². The Labute approximate surface area is 109 Å². The third-order valence-electron chi connectivity index (χ3n) is 2.70. The summed E-state index contributed by atoms with van der Waals surface area (Å²) in [6.07, 6.45) is 2.32. The van der Waals surface area contributed by atoms with E-state index in [1.54, 1.807) is 0 Å². The van der Waals surface area contributed by atoms with Crippen molar-refractivity contribution in [3.63, 3.8) is 0 Å². The molecule has 0 aliphatic rings. The third-order valence-corrected chi connectivity index (χ3v) is 2.70. The minimum atomic E-state index is 0.417. The highest BCUT2D eigenvalue weighted by Gasteiger charge is 2.09. The molecule has 0 fully saturated rings. The second-order valence-corrected chi connectivity index (χ2v) is 4.14. The second kappa shape index (κ2) is 7.87. The van der Waals surface area contributed by atoms with E-state index in [9.17, 15) is 0 Å². The summed E-state index contributed by atoms with van der Waals surface area (Å²) in [7, 11) is 0. The summed E-state index contributed by atoms with van der Waals surface area (Å²) in [4.78, 5) is 10.9. The maximum Gasteiger partial charge on any atom is 0.158 e. The molecule has 0 saturated carbocycles. The first-order chi connectivity index (χ1) is 8.71. The minimum absolute atomic E-state index is 0.417. The van der Waals surface area contributed by atoms with Crippen LogP contribution < -0.4 is 10.6 Å². The van der Waals surface area contributed by atoms with Crippen LogP contribution in [0.4, 0.5) is 11.6 Å². The second-order valence-electron chi connectivity index (χ2n) is 4.14. The van der Waals surface area contributed by atoms with Gasteiger partial charge in [-0.05, 0) is 20.3 Å². The molecule has 18 heavy (non-hydrogen) atoms. The Kier molecular flexibility index (Phi) is 6.43. The molecule has 5 nitrogen and oxygen atoms in total. The predicted octanol–water partition coefficient (Wildman–Crippen LogP) is 2.22. The summed E-state index contributed by atoms with van der Waals surface area (Å²) in [6, 6.07) is 1.83. The van der Waals surface area contributed by atoms with Crippen molar-refractivity contribution in [2.45, 2.75) is 40.2 Å². The summed E-state index contributed by atoms with van der Waals surface area (Å²) < 4.78 is 5.32. The fourth-order valence-electron chi connectivity index (χ4n) is 1.71. The molecule has 0 radical (unpaired) electrons. The monoisotopic (exact) mass is 252 g/mol. The number of nitrogens with two attached hydrogens (primary N) is 1. The van der Waals surface area contributed by atoms with Crippen molar-refractivity contribution < 1.29 is 4.74 Å². The predicted molar refractivity (Wildman–Crippen MR) is 74.6 cm³/mol. The van der Waals surface area contributed by atoms with Gasteiger partial charge in [-0.2, -0.15) is 0 Å². The quantitative estimate of drug-likeness (QED) is 0.768. The van der Waals surface area contributed by atoms with Gasteiger partial charge in [0.25, 0.3) is 0 Å². The first kappa shape index (κ1) is 14.7. The summed E-state index contributed by atoms with van der Waals surface area (Å²) in [5.41, 5.74) is 5.82. The maximum absolute atomic E-state index is 5.82. The van der Waals surface area contributed by atoms with Gasteiger partial charge in [0, 0.05) is 25.8 Å². The van der Waals surface area contributed by atoms with Gasteiger partial charge >= 0.3 is 0 Å². The van der Waals surface area contributed by atoms with Crippen molar-refractivity contribution >= 4 is 11.6 Å². The first-order valence-electron chi connectivity index (χ1n) is 6.67. The van der Waals surface area contributed by atoms with Crippen molar-refractivity contribution in [2.75, 3.05) is 30.3 Å². The number of aromatic nitrogens is 2. The van der Waals surface area contributed by atoms with Crippen LogP contribution in [0, 0.1) is 0 Å². The number of nitrogens with zero attached hydrogens (tertiary/aromatic N) is 3. The highest BCUT2D eigenvalue weighted by Crippen LogP contribution is 2.15. The normalized spacial score (nSPS) is 10.6. The number of unbranched alkanes of at least 4 members (excludes halogenated alkanes) is 1. The molecule has 2 N–H and O–H groups in total. The number of ether oxygens (including phenoxy) is 1. The number of nitrogen functional groups attached to an aromatic ring is 1. The summed E-state index contributed by atoms with van der Waals surface area (Å²) in [5.74, 6) is 2.06. The van der Waals surface area contributed by atoms with Crippen molar-refractivity contribution in [2.24, 2.45) is 0 Å². The smallest absolute Gasteiger partial charge is 0.158 e. The van der Waals surface area contributed by atoms with Gasteiger partial charge < -0.3 is 15.4 Å². The van der Waals surface area contributed by atoms with Gasteiger partial charge in [-0.15, -0.1) is 0 Å². The number of hydrogen-bond acceptors (Lipinski definition) is 5. The fraction of sp³-hybridized carbons (Fsp3) is 0.692. The van der Waals surface area contributed by atoms with Gasteiger partial charge in [0.05, 0.1) is 0 Å². The minimum Gasteiger partial charge on any atom is -0.384 e. The van der Waals surface area contributed by atoms with Crippen LogP contribution in [0.1, 0.15) is 39.4 Å². The average molecular weight is 252 g/mol. The van der Waals surface area contributed by atoms with E-state index in [4.69, 9.17) is 10.5 Å². The molecular formula is C13H24N4O. The highest BCUT2D eigenvalue weighted by atomic mass is 16.5. The fourth-order valence-corrected chi connectivity index (χ4v) is 1.71. The van der Waals surface area contributed by atoms with Crippen molar-refractivity contribution in [3.8, 4) is 0 Å². The standard InChI is InChI=1S/C13H24N4O/c1-4-7-8-17(5-2)13-9-11(14)15-12(16-13)10-18-6-3/h9H,4-8,10H2,1-3H3,(H2,14,15,16). The molecule has 0 saturated heterocycles. The molecule has 0 aromatic carbocycles. The Balaban J connectivity index is 2.81. The van der Waals surface area contributed by atoms with E-state index in [1.807, 2.05) is 13.0 Å². The highest BCUT2D eigenvalue weighted by molar-refractivity contribution is 5.46. The summed E-state index contributed by atoms with van der Waals surface area (Å²) >= 11 is 0. The molecule has 0 unspecified atom stereocenters. The van der Waals surface area contributed by atoms with E-state index >= 15 is 0 Å². The molecule has 1 heterocycles. The first-order valence-corrected chi connectivity index (χ1v) is 6.67. The SMILES string of the molecule is CCCCN(CC)c1cc(N)nc(COCC)n1. The van der Waals surface area contributed by atoms with Crippen molar-refractivity contribution in [1.82, 2.24) is 9.97 Å². The van der Waals surface area contributed by atoms with Crippen LogP contribution in [0.3, 0.4) is 0 Å². The van der Waals surface area contributed by atoms with Crippen LogP contribution in [-0.4, -0.2) is 29.7 Å². The van der Waals surface area contributed by atoms with Gasteiger partial charge in [0.2, 0.25) is 0 Å². The van der Waals surface area contributed by atoms with Crippen LogP contribution in [0.15, 0.2) is 6.07 Å².